The number of aliphatic carboxylic acids is 1. The molecule has 1 aromatic rings. The molecule has 14 heavy (non-hydrogen) atoms. The Morgan fingerprint density at radius 1 is 1.79 bits per heavy atom. The van der Waals surface area contributed by atoms with Crippen LogP contribution in [0.5, 0.6) is 0 Å². The third-order valence-corrected chi connectivity index (χ3v) is 2.29. The van der Waals surface area contributed by atoms with Gasteiger partial charge < -0.3 is 10.9 Å². The van der Waals surface area contributed by atoms with Crippen LogP contribution < -0.4 is 5.84 Å². The van der Waals surface area contributed by atoms with Crippen LogP contribution in [0.25, 0.3) is 0 Å². The minimum absolute atomic E-state index is 0.0333. The van der Waals surface area contributed by atoms with Gasteiger partial charge >= 0.3 is 11.9 Å². The molecule has 0 unspecified atom stereocenters. The fourth-order valence-electron chi connectivity index (χ4n) is 0.552. The van der Waals surface area contributed by atoms with E-state index in [-0.39, 0.29) is 5.16 Å². The van der Waals surface area contributed by atoms with Crippen LogP contribution in [0, 0.1) is 0 Å². The molecule has 0 amide bonds. The van der Waals surface area contributed by atoms with E-state index in [1.54, 1.807) is 0 Å². The molecule has 6 nitrogen and oxygen atoms in total. The van der Waals surface area contributed by atoms with Crippen LogP contribution >= 0.6 is 11.8 Å². The van der Waals surface area contributed by atoms with Crippen LogP contribution in [0.15, 0.2) is 11.5 Å². The molecule has 0 radical (unpaired) electrons. The Balaban J connectivity index is 2.57. The van der Waals surface area contributed by atoms with E-state index >= 15 is 0 Å². The zero-order valence-corrected chi connectivity index (χ0v) is 7.54. The van der Waals surface area contributed by atoms with Gasteiger partial charge in [-0.1, -0.05) is 11.8 Å². The first-order chi connectivity index (χ1) is 6.43. The highest BCUT2D eigenvalue weighted by Crippen LogP contribution is 2.24. The molecular formula is C5H6F2N4O2S. The average molecular weight is 224 g/mol. The van der Waals surface area contributed by atoms with Crippen LogP contribution in [0.3, 0.4) is 0 Å². The minimum Gasteiger partial charge on any atom is -0.477 e. The second kappa shape index (κ2) is 3.78. The molecule has 0 aliphatic rings. The normalized spacial score (nSPS) is 11.6. The summed E-state index contributed by atoms with van der Waals surface area (Å²) in [7, 11) is 0. The van der Waals surface area contributed by atoms with E-state index in [1.807, 2.05) is 0 Å². The largest absolute Gasteiger partial charge is 0.477 e. The summed E-state index contributed by atoms with van der Waals surface area (Å²) < 4.78 is 26.0. The lowest BCUT2D eigenvalue weighted by Gasteiger charge is -2.08. The first kappa shape index (κ1) is 10.7. The summed E-state index contributed by atoms with van der Waals surface area (Å²) in [6.07, 6.45) is 1.13. The predicted molar refractivity (Wildman–Crippen MR) is 43.5 cm³/mol. The first-order valence-electron chi connectivity index (χ1n) is 3.32. The molecule has 0 saturated carbocycles. The number of alkyl halides is 2. The molecule has 0 fully saturated rings. The number of aromatic nitrogens is 3. The third kappa shape index (κ3) is 2.31. The maximum atomic E-state index is 12.6. The van der Waals surface area contributed by atoms with Crippen LogP contribution in [0.2, 0.25) is 0 Å². The molecular weight excluding hydrogens is 218 g/mol. The molecule has 3 N–H and O–H groups in total. The summed E-state index contributed by atoms with van der Waals surface area (Å²) in [5, 5.41) is 14.9. The van der Waals surface area contributed by atoms with Crippen molar-refractivity contribution in [2.75, 3.05) is 11.6 Å². The Morgan fingerprint density at radius 3 is 2.86 bits per heavy atom. The van der Waals surface area contributed by atoms with Crippen molar-refractivity contribution in [3.8, 4) is 0 Å². The third-order valence-electron chi connectivity index (χ3n) is 1.24. The number of hydrogen-bond donors (Lipinski definition) is 2. The maximum Gasteiger partial charge on any atom is 0.375 e. The van der Waals surface area contributed by atoms with E-state index in [0.717, 1.165) is 11.0 Å². The van der Waals surface area contributed by atoms with Crippen molar-refractivity contribution in [2.24, 2.45) is 0 Å². The van der Waals surface area contributed by atoms with Crippen molar-refractivity contribution >= 4 is 17.7 Å². The zero-order valence-electron chi connectivity index (χ0n) is 6.72. The topological polar surface area (TPSA) is 94.0 Å². The van der Waals surface area contributed by atoms with E-state index in [2.05, 4.69) is 10.2 Å². The predicted octanol–water partition coefficient (Wildman–Crippen LogP) is -0.196. The summed E-state index contributed by atoms with van der Waals surface area (Å²) in [6.45, 7) is 0. The van der Waals surface area contributed by atoms with Crippen LogP contribution in [-0.2, 0) is 4.79 Å². The van der Waals surface area contributed by atoms with Crippen LogP contribution in [0.4, 0.5) is 8.78 Å². The highest BCUT2D eigenvalue weighted by molar-refractivity contribution is 7.99. The van der Waals surface area contributed by atoms with Gasteiger partial charge in [-0.15, -0.1) is 10.2 Å². The Kier molecular flexibility index (Phi) is 2.89. The molecule has 1 aromatic heterocycles. The molecule has 0 bridgehead atoms. The Morgan fingerprint density at radius 2 is 2.43 bits per heavy atom. The molecule has 0 aliphatic heterocycles. The van der Waals surface area contributed by atoms with Gasteiger partial charge in [-0.25, -0.2) is 9.47 Å². The van der Waals surface area contributed by atoms with Gasteiger partial charge in [0.05, 0.1) is 5.75 Å². The maximum absolute atomic E-state index is 12.6. The van der Waals surface area contributed by atoms with Gasteiger partial charge in [0, 0.05) is 0 Å². The molecule has 0 atom stereocenters. The number of thioether (sulfide) groups is 1. The number of rotatable bonds is 4. The molecule has 0 saturated heterocycles. The van der Waals surface area contributed by atoms with E-state index in [0.29, 0.717) is 11.8 Å². The fourth-order valence-corrected chi connectivity index (χ4v) is 1.29. The summed E-state index contributed by atoms with van der Waals surface area (Å²) in [5.74, 6) is -1.68. The zero-order chi connectivity index (χ0) is 10.8. The fraction of sp³-hybridized carbons (Fsp3) is 0.400. The van der Waals surface area contributed by atoms with Gasteiger partial charge in [0.25, 0.3) is 0 Å². The number of carboxylic acid groups (broad SMARTS) is 1. The van der Waals surface area contributed by atoms with Crippen molar-refractivity contribution in [3.63, 3.8) is 0 Å². The summed E-state index contributed by atoms with van der Waals surface area (Å²) >= 11 is 0.522. The lowest BCUT2D eigenvalue weighted by molar-refractivity contribution is -0.161. The highest BCUT2D eigenvalue weighted by atomic mass is 32.2. The minimum atomic E-state index is -3.80. The van der Waals surface area contributed by atoms with Gasteiger partial charge in [-0.2, -0.15) is 8.78 Å². The molecule has 9 heteroatoms. The van der Waals surface area contributed by atoms with Gasteiger partial charge in [0.2, 0.25) is 5.16 Å². The van der Waals surface area contributed by atoms with E-state index in [1.165, 1.54) is 0 Å². The molecule has 0 spiro atoms. The number of nitrogens with zero attached hydrogens (tertiary/aromatic N) is 3. The van der Waals surface area contributed by atoms with E-state index in [4.69, 9.17) is 10.9 Å². The quantitative estimate of drug-likeness (QED) is 0.543. The standard InChI is InChI=1S/C5H6F2N4O2S/c6-5(7,3(12)13)1-14-4-10-9-2-11(4)8/h2H,1,8H2,(H,12,13). The van der Waals surface area contributed by atoms with Crippen molar-refractivity contribution < 1.29 is 18.7 Å². The number of halogens is 2. The van der Waals surface area contributed by atoms with Gasteiger partial charge in [0.15, 0.2) is 0 Å². The number of hydrogen-bond acceptors (Lipinski definition) is 5. The van der Waals surface area contributed by atoms with Crippen molar-refractivity contribution in [3.05, 3.63) is 6.33 Å². The van der Waals surface area contributed by atoms with Crippen LogP contribution in [0.1, 0.15) is 0 Å². The number of carbonyl (C=O) groups is 1. The molecule has 1 rings (SSSR count). The number of nitrogens with two attached hydrogens (primary N) is 1. The van der Waals surface area contributed by atoms with Gasteiger partial charge in [0.1, 0.15) is 6.33 Å². The lowest BCUT2D eigenvalue weighted by Crippen LogP contribution is -2.31. The monoisotopic (exact) mass is 224 g/mol. The lowest BCUT2D eigenvalue weighted by atomic mass is 10.4. The Bertz CT molecular complexity index is 342. The van der Waals surface area contributed by atoms with E-state index in [9.17, 15) is 13.6 Å². The molecule has 78 valence electrons. The first-order valence-corrected chi connectivity index (χ1v) is 4.31. The van der Waals surface area contributed by atoms with Crippen molar-refractivity contribution in [1.82, 2.24) is 14.9 Å². The molecule has 1 heterocycles. The smallest absolute Gasteiger partial charge is 0.375 e. The average Bonchev–Trinajstić information content (AvgIpc) is 2.47. The number of carboxylic acids is 1. The summed E-state index contributed by atoms with van der Waals surface area (Å²) in [6, 6.07) is 0. The highest BCUT2D eigenvalue weighted by Gasteiger charge is 2.39. The second-order valence-corrected chi connectivity index (χ2v) is 3.26. The van der Waals surface area contributed by atoms with Gasteiger partial charge in [-0.3, -0.25) is 0 Å². The SMILES string of the molecule is Nn1cnnc1SCC(F)(F)C(=O)O. The Hall–Kier alpha value is -1.38. The van der Waals surface area contributed by atoms with Crippen LogP contribution in [-0.4, -0.2) is 37.6 Å². The van der Waals surface area contributed by atoms with Gasteiger partial charge in [-0.05, 0) is 0 Å². The Labute approximate surface area is 81.1 Å². The summed E-state index contributed by atoms with van der Waals surface area (Å²) in [5.41, 5.74) is 0. The molecule has 0 aromatic carbocycles. The summed E-state index contributed by atoms with van der Waals surface area (Å²) in [4.78, 5) is 10.0. The van der Waals surface area contributed by atoms with Crippen molar-refractivity contribution in [1.29, 1.82) is 0 Å². The molecule has 0 aliphatic carbocycles. The number of nitrogen functional groups attached to an aromatic ring is 1. The van der Waals surface area contributed by atoms with E-state index < -0.39 is 17.6 Å². The second-order valence-electron chi connectivity index (χ2n) is 2.32. The van der Waals surface area contributed by atoms with Crippen molar-refractivity contribution in [2.45, 2.75) is 11.1 Å².